The van der Waals surface area contributed by atoms with Crippen LogP contribution in [0, 0.1) is 0 Å². The lowest BCUT2D eigenvalue weighted by Crippen LogP contribution is -2.38. The first kappa shape index (κ1) is 25.7. The van der Waals surface area contributed by atoms with Gasteiger partial charge in [0.05, 0.1) is 26.9 Å². The monoisotopic (exact) mass is 489 g/mol. The van der Waals surface area contributed by atoms with Crippen molar-refractivity contribution in [2.24, 2.45) is 0 Å². The number of carbonyl (C=O) groups is 1. The Labute approximate surface area is 213 Å². The van der Waals surface area contributed by atoms with Gasteiger partial charge in [-0.1, -0.05) is 60.7 Å². The van der Waals surface area contributed by atoms with Gasteiger partial charge >= 0.3 is 0 Å². The van der Waals surface area contributed by atoms with Crippen LogP contribution in [0.3, 0.4) is 0 Å². The van der Waals surface area contributed by atoms with Crippen LogP contribution in [0.2, 0.25) is 0 Å². The van der Waals surface area contributed by atoms with E-state index in [4.69, 9.17) is 18.9 Å². The summed E-state index contributed by atoms with van der Waals surface area (Å²) in [4.78, 5) is 13.6. The molecule has 36 heavy (non-hydrogen) atoms. The molecule has 6 heteroatoms. The van der Waals surface area contributed by atoms with Crippen molar-refractivity contribution in [2.75, 3.05) is 40.5 Å². The highest BCUT2D eigenvalue weighted by Gasteiger charge is 2.24. The van der Waals surface area contributed by atoms with Crippen LogP contribution in [-0.4, -0.2) is 57.8 Å². The molecule has 190 valence electrons. The van der Waals surface area contributed by atoms with Crippen LogP contribution in [0.25, 0.3) is 0 Å². The molecule has 0 radical (unpaired) electrons. The van der Waals surface area contributed by atoms with Crippen molar-refractivity contribution in [3.05, 3.63) is 89.5 Å². The molecule has 0 amide bonds. The number of hydrogen-bond donors (Lipinski definition) is 0. The Hall–Kier alpha value is -3.35. The van der Waals surface area contributed by atoms with Crippen LogP contribution in [0.4, 0.5) is 0 Å². The van der Waals surface area contributed by atoms with Crippen molar-refractivity contribution >= 4 is 6.29 Å². The van der Waals surface area contributed by atoms with Gasteiger partial charge in [0, 0.05) is 25.2 Å². The van der Waals surface area contributed by atoms with Crippen molar-refractivity contribution in [2.45, 2.75) is 31.5 Å². The van der Waals surface area contributed by atoms with Crippen LogP contribution in [0.1, 0.15) is 46.9 Å². The Morgan fingerprint density at radius 3 is 1.94 bits per heavy atom. The van der Waals surface area contributed by atoms with Crippen molar-refractivity contribution < 1.29 is 23.7 Å². The maximum atomic E-state index is 11.1. The summed E-state index contributed by atoms with van der Waals surface area (Å²) in [6, 6.07) is 24.3. The molecule has 1 fully saturated rings. The molecule has 1 aliphatic rings. The van der Waals surface area contributed by atoms with Crippen LogP contribution in [0.5, 0.6) is 17.2 Å². The normalized spacial score (nSPS) is 14.5. The number of nitrogens with zero attached hydrogens (tertiary/aromatic N) is 1. The fraction of sp³-hybridized carbons (Fsp3) is 0.367. The Morgan fingerprint density at radius 1 is 0.889 bits per heavy atom. The SMILES string of the molecule is COc1cc(C=O)cc(OC)c1OCCCN1CCC(OC(c2ccccc2)c2ccccc2)CC1. The number of rotatable bonds is 12. The molecular formula is C30H35NO5. The van der Waals surface area contributed by atoms with Crippen LogP contribution in [0.15, 0.2) is 72.8 Å². The van der Waals surface area contributed by atoms with Gasteiger partial charge in [-0.3, -0.25) is 4.79 Å². The van der Waals surface area contributed by atoms with Crippen LogP contribution >= 0.6 is 0 Å². The van der Waals surface area contributed by atoms with Gasteiger partial charge in [-0.15, -0.1) is 0 Å². The molecule has 3 aromatic rings. The first-order valence-corrected chi connectivity index (χ1v) is 12.5. The molecule has 0 bridgehead atoms. The average molecular weight is 490 g/mol. The summed E-state index contributed by atoms with van der Waals surface area (Å²) in [7, 11) is 3.12. The minimum Gasteiger partial charge on any atom is -0.493 e. The first-order chi connectivity index (χ1) is 17.7. The number of piperidine rings is 1. The van der Waals surface area contributed by atoms with Gasteiger partial charge in [0.25, 0.3) is 0 Å². The highest BCUT2D eigenvalue weighted by molar-refractivity contribution is 5.78. The van der Waals surface area contributed by atoms with Gasteiger partial charge in [-0.2, -0.15) is 0 Å². The summed E-state index contributed by atoms with van der Waals surface area (Å²) < 4.78 is 23.4. The lowest BCUT2D eigenvalue weighted by Gasteiger charge is -2.34. The fourth-order valence-corrected chi connectivity index (χ4v) is 4.64. The number of carbonyl (C=O) groups excluding carboxylic acids is 1. The number of methoxy groups -OCH3 is 2. The van der Waals surface area contributed by atoms with Crippen molar-refractivity contribution in [1.29, 1.82) is 0 Å². The first-order valence-electron chi connectivity index (χ1n) is 12.5. The predicted molar refractivity (Wildman–Crippen MR) is 140 cm³/mol. The summed E-state index contributed by atoms with van der Waals surface area (Å²) in [5.41, 5.74) is 2.87. The molecule has 1 heterocycles. The molecule has 0 unspecified atom stereocenters. The summed E-state index contributed by atoms with van der Waals surface area (Å²) in [5, 5.41) is 0. The van der Waals surface area contributed by atoms with Gasteiger partial charge in [0.2, 0.25) is 5.75 Å². The minimum atomic E-state index is -0.0482. The third-order valence-electron chi connectivity index (χ3n) is 6.55. The van der Waals surface area contributed by atoms with E-state index in [1.54, 1.807) is 26.4 Å². The number of likely N-dealkylation sites (tertiary alicyclic amines) is 1. The minimum absolute atomic E-state index is 0.0482. The third-order valence-corrected chi connectivity index (χ3v) is 6.55. The number of ether oxygens (including phenoxy) is 4. The molecular weight excluding hydrogens is 454 g/mol. The average Bonchev–Trinajstić information content (AvgIpc) is 2.95. The van der Waals surface area contributed by atoms with E-state index in [2.05, 4.69) is 53.4 Å². The molecule has 3 aromatic carbocycles. The maximum absolute atomic E-state index is 11.1. The Balaban J connectivity index is 1.26. The van der Waals surface area contributed by atoms with Gasteiger partial charge < -0.3 is 23.8 Å². The molecule has 0 aromatic heterocycles. The Kier molecular flexibility index (Phi) is 9.36. The van der Waals surface area contributed by atoms with Crippen molar-refractivity contribution in [3.8, 4) is 17.2 Å². The van der Waals surface area contributed by atoms with E-state index < -0.39 is 0 Å². The maximum Gasteiger partial charge on any atom is 0.203 e. The highest BCUT2D eigenvalue weighted by atomic mass is 16.5. The van der Waals surface area contributed by atoms with Crippen molar-refractivity contribution in [3.63, 3.8) is 0 Å². The molecule has 1 saturated heterocycles. The smallest absolute Gasteiger partial charge is 0.203 e. The zero-order valence-electron chi connectivity index (χ0n) is 21.1. The molecule has 0 aliphatic carbocycles. The summed E-state index contributed by atoms with van der Waals surface area (Å²) in [5.74, 6) is 1.53. The van der Waals surface area contributed by atoms with E-state index in [0.717, 1.165) is 45.2 Å². The lowest BCUT2D eigenvalue weighted by molar-refractivity contribution is -0.0273. The Morgan fingerprint density at radius 2 is 1.44 bits per heavy atom. The molecule has 0 atom stereocenters. The van der Waals surface area contributed by atoms with E-state index in [1.165, 1.54) is 11.1 Å². The van der Waals surface area contributed by atoms with E-state index in [9.17, 15) is 4.79 Å². The van der Waals surface area contributed by atoms with Gasteiger partial charge in [-0.25, -0.2) is 0 Å². The molecule has 0 N–H and O–H groups in total. The van der Waals surface area contributed by atoms with Crippen LogP contribution in [-0.2, 0) is 4.74 Å². The largest absolute Gasteiger partial charge is 0.493 e. The Bertz CT molecular complexity index is 1020. The van der Waals surface area contributed by atoms with E-state index >= 15 is 0 Å². The fourth-order valence-electron chi connectivity index (χ4n) is 4.64. The molecule has 6 nitrogen and oxygen atoms in total. The molecule has 4 rings (SSSR count). The van der Waals surface area contributed by atoms with E-state index in [0.29, 0.717) is 29.4 Å². The number of benzene rings is 3. The van der Waals surface area contributed by atoms with E-state index in [-0.39, 0.29) is 12.2 Å². The predicted octanol–water partition coefficient (Wildman–Crippen LogP) is 5.56. The summed E-state index contributed by atoms with van der Waals surface area (Å²) >= 11 is 0. The van der Waals surface area contributed by atoms with E-state index in [1.807, 2.05) is 12.1 Å². The molecule has 0 saturated carbocycles. The topological polar surface area (TPSA) is 57.2 Å². The standard InChI is InChI=1S/C30H35NO5/c1-33-27-20-23(22-32)21-28(34-2)30(27)35-19-9-16-31-17-14-26(15-18-31)36-29(24-10-5-3-6-11-24)25-12-7-4-8-13-25/h3-8,10-13,20-22,26,29H,9,14-19H2,1-2H3. The van der Waals surface area contributed by atoms with Crippen molar-refractivity contribution in [1.82, 2.24) is 4.90 Å². The number of hydrogen-bond acceptors (Lipinski definition) is 6. The summed E-state index contributed by atoms with van der Waals surface area (Å²) in [6.07, 6.45) is 3.84. The second-order valence-electron chi connectivity index (χ2n) is 8.95. The molecule has 1 aliphatic heterocycles. The third kappa shape index (κ3) is 6.65. The van der Waals surface area contributed by atoms with Gasteiger partial charge in [-0.05, 0) is 42.5 Å². The summed E-state index contributed by atoms with van der Waals surface area (Å²) in [6.45, 7) is 3.49. The zero-order valence-corrected chi connectivity index (χ0v) is 21.1. The second kappa shape index (κ2) is 13.1. The second-order valence-corrected chi connectivity index (χ2v) is 8.95. The van der Waals surface area contributed by atoms with Crippen LogP contribution < -0.4 is 14.2 Å². The highest BCUT2D eigenvalue weighted by Crippen LogP contribution is 2.38. The zero-order chi connectivity index (χ0) is 25.2. The van der Waals surface area contributed by atoms with Gasteiger partial charge in [0.1, 0.15) is 12.4 Å². The van der Waals surface area contributed by atoms with Gasteiger partial charge in [0.15, 0.2) is 11.5 Å². The molecule has 0 spiro atoms. The quantitative estimate of drug-likeness (QED) is 0.245. The number of aldehydes is 1. The lowest BCUT2D eigenvalue weighted by atomic mass is 10.00.